The lowest BCUT2D eigenvalue weighted by atomic mass is 9.84. The van der Waals surface area contributed by atoms with Crippen LogP contribution in [0.15, 0.2) is 18.2 Å². The molecule has 1 nitrogen and oxygen atoms in total. The van der Waals surface area contributed by atoms with E-state index in [1.165, 1.54) is 11.1 Å². The molecule has 1 rings (SSSR count). The van der Waals surface area contributed by atoms with E-state index in [0.29, 0.717) is 12.5 Å². The Balaban J connectivity index is 3.11. The summed E-state index contributed by atoms with van der Waals surface area (Å²) in [6, 6.07) is 6.59. The third-order valence-corrected chi connectivity index (χ3v) is 3.42. The molecule has 0 aliphatic carbocycles. The monoisotopic (exact) mass is 272 g/mol. The molecule has 0 N–H and O–H groups in total. The van der Waals surface area contributed by atoms with Gasteiger partial charge in [-0.05, 0) is 35.4 Å². The van der Waals surface area contributed by atoms with Crippen molar-refractivity contribution < 1.29 is 4.74 Å². The Kier molecular flexibility index (Phi) is 6.14. The van der Waals surface area contributed by atoms with Crippen molar-refractivity contribution in [1.82, 2.24) is 0 Å². The number of hydrogen-bond donors (Lipinski definition) is 0. The third kappa shape index (κ3) is 4.60. The van der Waals surface area contributed by atoms with Crippen LogP contribution in [0.5, 0.6) is 5.75 Å². The van der Waals surface area contributed by atoms with E-state index in [1.807, 2.05) is 6.92 Å². The fraction of sp³-hybridized carbons (Fsp3) is 0.579. The molecule has 0 spiro atoms. The molecule has 110 valence electrons. The summed E-state index contributed by atoms with van der Waals surface area (Å²) in [4.78, 5) is 0. The standard InChI is InChI=1S/C19H28O/c1-7-9-10-11-15(3)17-14-16(19(4,5)6)12-13-18(17)20-8-2/h12-15H,7-8,11H2,1-6H3. The van der Waals surface area contributed by atoms with Crippen LogP contribution in [0, 0.1) is 11.8 Å². The maximum absolute atomic E-state index is 5.78. The van der Waals surface area contributed by atoms with Crippen molar-refractivity contribution in [2.75, 3.05) is 6.61 Å². The largest absolute Gasteiger partial charge is 0.494 e. The molecule has 0 aliphatic rings. The summed E-state index contributed by atoms with van der Waals surface area (Å²) in [6.45, 7) is 13.8. The van der Waals surface area contributed by atoms with Gasteiger partial charge in [0.15, 0.2) is 0 Å². The molecule has 1 heteroatoms. The van der Waals surface area contributed by atoms with Crippen LogP contribution in [0.2, 0.25) is 0 Å². The second-order valence-corrected chi connectivity index (χ2v) is 6.25. The molecular weight excluding hydrogens is 244 g/mol. The molecule has 0 saturated heterocycles. The summed E-state index contributed by atoms with van der Waals surface area (Å²) in [5.41, 5.74) is 2.80. The molecule has 0 amide bonds. The first-order valence-corrected chi connectivity index (χ1v) is 7.63. The molecule has 1 unspecified atom stereocenters. The maximum Gasteiger partial charge on any atom is 0.122 e. The summed E-state index contributed by atoms with van der Waals surface area (Å²) in [5.74, 6) is 7.82. The molecule has 20 heavy (non-hydrogen) atoms. The predicted molar refractivity (Wildman–Crippen MR) is 87.4 cm³/mol. The Labute approximate surface area is 124 Å². The highest BCUT2D eigenvalue weighted by atomic mass is 16.5. The molecule has 1 aromatic carbocycles. The average molecular weight is 272 g/mol. The Morgan fingerprint density at radius 1 is 1.15 bits per heavy atom. The number of ether oxygens (including phenoxy) is 1. The van der Waals surface area contributed by atoms with Gasteiger partial charge in [0.2, 0.25) is 0 Å². The highest BCUT2D eigenvalue weighted by molar-refractivity contribution is 5.42. The Hall–Kier alpha value is -1.42. The topological polar surface area (TPSA) is 9.23 Å². The van der Waals surface area contributed by atoms with E-state index >= 15 is 0 Å². The van der Waals surface area contributed by atoms with Crippen LogP contribution in [0.4, 0.5) is 0 Å². The summed E-state index contributed by atoms with van der Waals surface area (Å²) >= 11 is 0. The molecule has 0 aliphatic heterocycles. The van der Waals surface area contributed by atoms with Crippen LogP contribution in [0.25, 0.3) is 0 Å². The minimum absolute atomic E-state index is 0.161. The summed E-state index contributed by atoms with van der Waals surface area (Å²) in [7, 11) is 0. The normalized spacial score (nSPS) is 12.5. The van der Waals surface area contributed by atoms with Crippen LogP contribution in [0.3, 0.4) is 0 Å². The fourth-order valence-corrected chi connectivity index (χ4v) is 2.15. The second kappa shape index (κ2) is 7.39. The van der Waals surface area contributed by atoms with Crippen molar-refractivity contribution in [3.05, 3.63) is 29.3 Å². The summed E-state index contributed by atoms with van der Waals surface area (Å²) in [5, 5.41) is 0. The van der Waals surface area contributed by atoms with Gasteiger partial charge < -0.3 is 4.74 Å². The molecule has 0 aromatic heterocycles. The first-order chi connectivity index (χ1) is 9.40. The van der Waals surface area contributed by atoms with E-state index in [1.54, 1.807) is 0 Å². The van der Waals surface area contributed by atoms with Crippen LogP contribution < -0.4 is 4.74 Å². The van der Waals surface area contributed by atoms with E-state index in [2.05, 4.69) is 64.7 Å². The molecular formula is C19H28O. The number of rotatable bonds is 4. The smallest absolute Gasteiger partial charge is 0.122 e. The molecule has 0 fully saturated rings. The van der Waals surface area contributed by atoms with Crippen molar-refractivity contribution >= 4 is 0 Å². The third-order valence-electron chi connectivity index (χ3n) is 3.42. The van der Waals surface area contributed by atoms with E-state index < -0.39 is 0 Å². The fourth-order valence-electron chi connectivity index (χ4n) is 2.15. The second-order valence-electron chi connectivity index (χ2n) is 6.25. The molecule has 0 bridgehead atoms. The molecule has 1 aromatic rings. The Morgan fingerprint density at radius 3 is 2.40 bits per heavy atom. The molecule has 1 atom stereocenters. The lowest BCUT2D eigenvalue weighted by Crippen LogP contribution is -2.12. The lowest BCUT2D eigenvalue weighted by Gasteiger charge is -2.23. The van der Waals surface area contributed by atoms with Crippen molar-refractivity contribution in [3.8, 4) is 17.6 Å². The van der Waals surface area contributed by atoms with Gasteiger partial charge in [0, 0.05) is 12.8 Å². The van der Waals surface area contributed by atoms with Crippen molar-refractivity contribution in [2.45, 2.75) is 65.7 Å². The zero-order valence-corrected chi connectivity index (χ0v) is 13.8. The Bertz CT molecular complexity index is 483. The van der Waals surface area contributed by atoms with Crippen molar-refractivity contribution in [2.24, 2.45) is 0 Å². The van der Waals surface area contributed by atoms with Crippen LogP contribution in [-0.2, 0) is 5.41 Å². The maximum atomic E-state index is 5.78. The molecule has 0 heterocycles. The van der Waals surface area contributed by atoms with Gasteiger partial charge in [-0.3, -0.25) is 0 Å². The predicted octanol–water partition coefficient (Wildman–Crippen LogP) is 5.29. The minimum Gasteiger partial charge on any atom is -0.494 e. The number of hydrogen-bond acceptors (Lipinski definition) is 1. The summed E-state index contributed by atoms with van der Waals surface area (Å²) < 4.78 is 5.78. The van der Waals surface area contributed by atoms with Gasteiger partial charge in [-0.15, -0.1) is 11.8 Å². The van der Waals surface area contributed by atoms with Crippen LogP contribution in [-0.4, -0.2) is 6.61 Å². The van der Waals surface area contributed by atoms with Gasteiger partial charge in [-0.2, -0.15) is 0 Å². The molecule has 0 saturated carbocycles. The highest BCUT2D eigenvalue weighted by Gasteiger charge is 2.18. The summed E-state index contributed by atoms with van der Waals surface area (Å²) in [6.07, 6.45) is 1.81. The number of benzene rings is 1. The first kappa shape index (κ1) is 16.6. The zero-order chi connectivity index (χ0) is 15.2. The zero-order valence-electron chi connectivity index (χ0n) is 13.8. The quantitative estimate of drug-likeness (QED) is 0.677. The first-order valence-electron chi connectivity index (χ1n) is 7.63. The van der Waals surface area contributed by atoms with Gasteiger partial charge >= 0.3 is 0 Å². The van der Waals surface area contributed by atoms with Crippen molar-refractivity contribution in [1.29, 1.82) is 0 Å². The highest BCUT2D eigenvalue weighted by Crippen LogP contribution is 2.33. The van der Waals surface area contributed by atoms with E-state index in [0.717, 1.165) is 18.6 Å². The van der Waals surface area contributed by atoms with Crippen LogP contribution >= 0.6 is 0 Å². The van der Waals surface area contributed by atoms with Gasteiger partial charge in [-0.25, -0.2) is 0 Å². The minimum atomic E-state index is 0.161. The van der Waals surface area contributed by atoms with E-state index in [9.17, 15) is 0 Å². The van der Waals surface area contributed by atoms with Gasteiger partial charge in [0.1, 0.15) is 5.75 Å². The van der Waals surface area contributed by atoms with Gasteiger partial charge in [-0.1, -0.05) is 46.8 Å². The Morgan fingerprint density at radius 2 is 1.85 bits per heavy atom. The van der Waals surface area contributed by atoms with Crippen LogP contribution in [0.1, 0.15) is 71.4 Å². The van der Waals surface area contributed by atoms with Gasteiger partial charge in [0.25, 0.3) is 0 Å². The lowest BCUT2D eigenvalue weighted by molar-refractivity contribution is 0.334. The molecule has 0 radical (unpaired) electrons. The van der Waals surface area contributed by atoms with E-state index in [4.69, 9.17) is 4.74 Å². The van der Waals surface area contributed by atoms with Crippen molar-refractivity contribution in [3.63, 3.8) is 0 Å². The SMILES string of the molecule is CCC#CCC(C)c1cc(C(C)(C)C)ccc1OCC. The van der Waals surface area contributed by atoms with Gasteiger partial charge in [0.05, 0.1) is 6.61 Å². The van der Waals surface area contributed by atoms with E-state index in [-0.39, 0.29) is 5.41 Å². The average Bonchev–Trinajstić information content (AvgIpc) is 2.38.